The molecule has 0 aliphatic heterocycles. The Hall–Kier alpha value is -3.10. The standard InChI is InChI=1S/C26H35N7O/c1-2-3-12-29-26-31-18-23(25(33-26)32-21-5-7-22(34)8-6-21)24-9-4-20(17-30-24)16-28-15-19-10-13-27-14-11-19/h4,9-11,13-14,17-18,21-22,28,34H,2-3,5-8,12,15-16H2,1H3,(H2,29,31,32,33). The second-order valence-corrected chi connectivity index (χ2v) is 8.90. The molecule has 4 rings (SSSR count). The summed E-state index contributed by atoms with van der Waals surface area (Å²) in [5, 5.41) is 20.2. The second-order valence-electron chi connectivity index (χ2n) is 8.90. The SMILES string of the molecule is CCCCNc1ncc(-c2ccc(CNCc3ccncc3)cn2)c(NC2CCC(O)CC2)n1. The Labute approximate surface area is 201 Å². The molecule has 1 saturated carbocycles. The summed E-state index contributed by atoms with van der Waals surface area (Å²) in [4.78, 5) is 18.1. The van der Waals surface area contributed by atoms with E-state index in [1.165, 1.54) is 5.56 Å². The van der Waals surface area contributed by atoms with E-state index in [9.17, 15) is 5.11 Å². The van der Waals surface area contributed by atoms with Gasteiger partial charge in [0, 0.05) is 50.5 Å². The van der Waals surface area contributed by atoms with Gasteiger partial charge in [0.05, 0.1) is 17.4 Å². The van der Waals surface area contributed by atoms with Crippen LogP contribution in [0.2, 0.25) is 0 Å². The topological polar surface area (TPSA) is 108 Å². The van der Waals surface area contributed by atoms with E-state index >= 15 is 0 Å². The van der Waals surface area contributed by atoms with Crippen molar-refractivity contribution in [3.05, 3.63) is 60.2 Å². The third-order valence-electron chi connectivity index (χ3n) is 6.15. The Morgan fingerprint density at radius 2 is 1.74 bits per heavy atom. The molecule has 0 bridgehead atoms. The van der Waals surface area contributed by atoms with Gasteiger partial charge < -0.3 is 21.1 Å². The number of hydrogen-bond donors (Lipinski definition) is 4. The van der Waals surface area contributed by atoms with E-state index in [1.54, 1.807) is 12.4 Å². The zero-order valence-corrected chi connectivity index (χ0v) is 19.9. The fourth-order valence-electron chi connectivity index (χ4n) is 4.10. The first-order chi connectivity index (χ1) is 16.7. The summed E-state index contributed by atoms with van der Waals surface area (Å²) < 4.78 is 0. The average Bonchev–Trinajstić information content (AvgIpc) is 2.87. The minimum absolute atomic E-state index is 0.185. The van der Waals surface area contributed by atoms with Gasteiger partial charge in [-0.2, -0.15) is 4.98 Å². The van der Waals surface area contributed by atoms with Crippen molar-refractivity contribution >= 4 is 11.8 Å². The van der Waals surface area contributed by atoms with E-state index in [1.807, 2.05) is 30.6 Å². The van der Waals surface area contributed by atoms with Crippen LogP contribution in [0, 0.1) is 0 Å². The summed E-state index contributed by atoms with van der Waals surface area (Å²) in [6.07, 6.45) is 12.9. The predicted molar refractivity (Wildman–Crippen MR) is 135 cm³/mol. The van der Waals surface area contributed by atoms with Crippen molar-refractivity contribution in [2.75, 3.05) is 17.2 Å². The lowest BCUT2D eigenvalue weighted by atomic mass is 9.93. The van der Waals surface area contributed by atoms with Crippen molar-refractivity contribution in [3.8, 4) is 11.3 Å². The maximum Gasteiger partial charge on any atom is 0.224 e. The highest BCUT2D eigenvalue weighted by molar-refractivity contribution is 5.73. The number of anilines is 2. The van der Waals surface area contributed by atoms with E-state index < -0.39 is 0 Å². The maximum absolute atomic E-state index is 9.86. The van der Waals surface area contributed by atoms with Gasteiger partial charge in [0.2, 0.25) is 5.95 Å². The minimum atomic E-state index is -0.185. The molecule has 180 valence electrons. The van der Waals surface area contributed by atoms with Crippen LogP contribution in [-0.4, -0.2) is 43.7 Å². The molecule has 3 heterocycles. The lowest BCUT2D eigenvalue weighted by Crippen LogP contribution is -2.29. The van der Waals surface area contributed by atoms with Crippen LogP contribution in [0.3, 0.4) is 0 Å². The Morgan fingerprint density at radius 3 is 2.47 bits per heavy atom. The minimum Gasteiger partial charge on any atom is -0.393 e. The van der Waals surface area contributed by atoms with E-state index in [2.05, 4.69) is 38.9 Å². The van der Waals surface area contributed by atoms with Crippen molar-refractivity contribution in [1.29, 1.82) is 0 Å². The summed E-state index contributed by atoms with van der Waals surface area (Å²) >= 11 is 0. The number of rotatable bonds is 11. The van der Waals surface area contributed by atoms with Gasteiger partial charge in [-0.25, -0.2) is 4.98 Å². The van der Waals surface area contributed by atoms with Crippen LogP contribution in [0.4, 0.5) is 11.8 Å². The Morgan fingerprint density at radius 1 is 0.941 bits per heavy atom. The van der Waals surface area contributed by atoms with Crippen LogP contribution in [0.15, 0.2) is 49.1 Å². The summed E-state index contributed by atoms with van der Waals surface area (Å²) in [6, 6.07) is 8.43. The maximum atomic E-state index is 9.86. The molecule has 0 radical (unpaired) electrons. The third kappa shape index (κ3) is 6.95. The van der Waals surface area contributed by atoms with Crippen molar-refractivity contribution in [2.45, 2.75) is 70.7 Å². The molecule has 3 aromatic rings. The van der Waals surface area contributed by atoms with Gasteiger partial charge in [0.1, 0.15) is 5.82 Å². The molecule has 0 unspecified atom stereocenters. The molecule has 1 aliphatic rings. The van der Waals surface area contributed by atoms with Gasteiger partial charge in [0.25, 0.3) is 0 Å². The second kappa shape index (κ2) is 12.4. The van der Waals surface area contributed by atoms with Crippen LogP contribution in [-0.2, 0) is 13.1 Å². The molecular weight excluding hydrogens is 426 g/mol. The number of nitrogens with zero attached hydrogens (tertiary/aromatic N) is 4. The van der Waals surface area contributed by atoms with Gasteiger partial charge in [0.15, 0.2) is 0 Å². The first kappa shape index (κ1) is 24.0. The number of aromatic nitrogens is 4. The number of nitrogens with one attached hydrogen (secondary N) is 3. The highest BCUT2D eigenvalue weighted by Gasteiger charge is 2.21. The summed E-state index contributed by atoms with van der Waals surface area (Å²) in [5.74, 6) is 1.43. The molecule has 8 heteroatoms. The van der Waals surface area contributed by atoms with Crippen molar-refractivity contribution in [3.63, 3.8) is 0 Å². The summed E-state index contributed by atoms with van der Waals surface area (Å²) in [6.45, 7) is 4.54. The molecule has 0 saturated heterocycles. The first-order valence-corrected chi connectivity index (χ1v) is 12.3. The number of aliphatic hydroxyl groups excluding tert-OH is 1. The summed E-state index contributed by atoms with van der Waals surface area (Å²) in [5.41, 5.74) is 4.06. The fraction of sp³-hybridized carbons (Fsp3) is 0.462. The Balaban J connectivity index is 1.45. The van der Waals surface area contributed by atoms with E-state index in [4.69, 9.17) is 9.97 Å². The van der Waals surface area contributed by atoms with Gasteiger partial charge >= 0.3 is 0 Å². The molecule has 3 aromatic heterocycles. The lowest BCUT2D eigenvalue weighted by molar-refractivity contribution is 0.126. The molecule has 0 spiro atoms. The number of aliphatic hydroxyl groups is 1. The highest BCUT2D eigenvalue weighted by Crippen LogP contribution is 2.29. The molecule has 1 fully saturated rings. The normalized spacial score (nSPS) is 17.9. The molecule has 1 aliphatic carbocycles. The van der Waals surface area contributed by atoms with Crippen molar-refractivity contribution in [1.82, 2.24) is 25.3 Å². The monoisotopic (exact) mass is 461 g/mol. The molecule has 34 heavy (non-hydrogen) atoms. The number of pyridine rings is 2. The van der Waals surface area contributed by atoms with Gasteiger partial charge in [-0.05, 0) is 61.4 Å². The lowest BCUT2D eigenvalue weighted by Gasteiger charge is -2.27. The zero-order valence-electron chi connectivity index (χ0n) is 19.9. The average molecular weight is 462 g/mol. The number of hydrogen-bond acceptors (Lipinski definition) is 8. The van der Waals surface area contributed by atoms with E-state index in [0.717, 1.165) is 80.8 Å². The third-order valence-corrected chi connectivity index (χ3v) is 6.15. The van der Waals surface area contributed by atoms with Crippen molar-refractivity contribution < 1.29 is 5.11 Å². The Bertz CT molecular complexity index is 1010. The van der Waals surface area contributed by atoms with Crippen LogP contribution < -0.4 is 16.0 Å². The van der Waals surface area contributed by atoms with Gasteiger partial charge in [-0.3, -0.25) is 9.97 Å². The molecule has 8 nitrogen and oxygen atoms in total. The van der Waals surface area contributed by atoms with E-state index in [-0.39, 0.29) is 12.1 Å². The number of unbranched alkanes of at least 4 members (excludes halogenated alkanes) is 1. The largest absolute Gasteiger partial charge is 0.393 e. The van der Waals surface area contributed by atoms with E-state index in [0.29, 0.717) is 5.95 Å². The van der Waals surface area contributed by atoms with Crippen LogP contribution in [0.5, 0.6) is 0 Å². The summed E-state index contributed by atoms with van der Waals surface area (Å²) in [7, 11) is 0. The van der Waals surface area contributed by atoms with Gasteiger partial charge in [-0.15, -0.1) is 0 Å². The molecule has 4 N–H and O–H groups in total. The molecule has 0 aromatic carbocycles. The molecule has 0 atom stereocenters. The quantitative estimate of drug-likeness (QED) is 0.316. The molecule has 0 amide bonds. The Kier molecular flexibility index (Phi) is 8.76. The smallest absolute Gasteiger partial charge is 0.224 e. The van der Waals surface area contributed by atoms with Crippen LogP contribution >= 0.6 is 0 Å². The first-order valence-electron chi connectivity index (χ1n) is 12.3. The zero-order chi connectivity index (χ0) is 23.6. The predicted octanol–water partition coefficient (Wildman–Crippen LogP) is 4.15. The highest BCUT2D eigenvalue weighted by atomic mass is 16.3. The van der Waals surface area contributed by atoms with Crippen LogP contribution in [0.1, 0.15) is 56.6 Å². The van der Waals surface area contributed by atoms with Crippen molar-refractivity contribution in [2.24, 2.45) is 0 Å². The molecular formula is C26H35N7O. The van der Waals surface area contributed by atoms with Crippen LogP contribution in [0.25, 0.3) is 11.3 Å². The van der Waals surface area contributed by atoms with Gasteiger partial charge in [-0.1, -0.05) is 19.4 Å². The fourth-order valence-corrected chi connectivity index (χ4v) is 4.10.